The van der Waals surface area contributed by atoms with E-state index < -0.39 is 9.84 Å². The lowest BCUT2D eigenvalue weighted by molar-refractivity contribution is 0.596. The van der Waals surface area contributed by atoms with Crippen molar-refractivity contribution >= 4 is 20.7 Å². The summed E-state index contributed by atoms with van der Waals surface area (Å²) in [4.78, 5) is 3.08. The molecule has 1 aromatic heterocycles. The first-order chi connectivity index (χ1) is 8.05. The molecule has 0 saturated carbocycles. The summed E-state index contributed by atoms with van der Waals surface area (Å²) >= 11 is 0. The van der Waals surface area contributed by atoms with Gasteiger partial charge in [-0.25, -0.2) is 8.42 Å². The Kier molecular flexibility index (Phi) is 3.22. The van der Waals surface area contributed by atoms with Gasteiger partial charge in [-0.1, -0.05) is 13.0 Å². The molecule has 0 radical (unpaired) electrons. The minimum Gasteiger partial charge on any atom is -0.361 e. The van der Waals surface area contributed by atoms with Gasteiger partial charge < -0.3 is 10.7 Å². The van der Waals surface area contributed by atoms with Gasteiger partial charge in [0.2, 0.25) is 0 Å². The molecule has 0 spiro atoms. The summed E-state index contributed by atoms with van der Waals surface area (Å²) in [7, 11) is -3.00. The number of H-pyrrole nitrogens is 1. The van der Waals surface area contributed by atoms with Crippen molar-refractivity contribution in [1.82, 2.24) is 4.98 Å². The second kappa shape index (κ2) is 4.50. The first-order valence-electron chi connectivity index (χ1n) is 5.55. The standard InChI is InChI=1S/C12H16N2O2S/c1-2-17(15,16)8-10-7-14-12-4-3-9(6-13)5-11(10)12/h3-5,7,14H,2,6,8,13H2,1H3. The van der Waals surface area contributed by atoms with Crippen LogP contribution in [-0.4, -0.2) is 19.2 Å². The topological polar surface area (TPSA) is 76.0 Å². The third-order valence-corrected chi connectivity index (χ3v) is 4.51. The predicted octanol–water partition coefficient (Wildman–Crippen LogP) is 1.56. The third kappa shape index (κ3) is 2.50. The van der Waals surface area contributed by atoms with E-state index in [1.807, 2.05) is 18.2 Å². The molecule has 4 nitrogen and oxygen atoms in total. The Morgan fingerprint density at radius 2 is 2.12 bits per heavy atom. The van der Waals surface area contributed by atoms with E-state index in [9.17, 15) is 8.42 Å². The molecule has 5 heteroatoms. The van der Waals surface area contributed by atoms with Gasteiger partial charge in [-0.15, -0.1) is 0 Å². The Morgan fingerprint density at radius 3 is 2.76 bits per heavy atom. The quantitative estimate of drug-likeness (QED) is 0.867. The number of aromatic amines is 1. The van der Waals surface area contributed by atoms with E-state index in [1.54, 1.807) is 13.1 Å². The van der Waals surface area contributed by atoms with E-state index in [4.69, 9.17) is 5.73 Å². The fraction of sp³-hybridized carbons (Fsp3) is 0.333. The summed E-state index contributed by atoms with van der Waals surface area (Å²) in [5.74, 6) is 0.244. The maximum absolute atomic E-state index is 11.6. The number of sulfone groups is 1. The van der Waals surface area contributed by atoms with Crippen molar-refractivity contribution in [2.75, 3.05) is 5.75 Å². The number of aromatic nitrogens is 1. The monoisotopic (exact) mass is 252 g/mol. The molecule has 0 fully saturated rings. The van der Waals surface area contributed by atoms with Gasteiger partial charge in [0.05, 0.1) is 5.75 Å². The molecule has 0 saturated heterocycles. The maximum atomic E-state index is 11.6. The Morgan fingerprint density at radius 1 is 1.35 bits per heavy atom. The molecule has 0 amide bonds. The van der Waals surface area contributed by atoms with Crippen molar-refractivity contribution in [3.8, 4) is 0 Å². The van der Waals surface area contributed by atoms with Crippen molar-refractivity contribution in [3.63, 3.8) is 0 Å². The minimum absolute atomic E-state index is 0.0809. The van der Waals surface area contributed by atoms with E-state index in [2.05, 4.69) is 4.98 Å². The summed E-state index contributed by atoms with van der Waals surface area (Å²) < 4.78 is 23.3. The fourth-order valence-corrected chi connectivity index (χ4v) is 2.73. The average Bonchev–Trinajstić information content (AvgIpc) is 2.71. The molecule has 0 aliphatic rings. The largest absolute Gasteiger partial charge is 0.361 e. The molecule has 2 aromatic rings. The third-order valence-electron chi connectivity index (χ3n) is 2.88. The zero-order valence-corrected chi connectivity index (χ0v) is 10.5. The molecule has 0 atom stereocenters. The molecule has 0 aliphatic heterocycles. The summed E-state index contributed by atoms with van der Waals surface area (Å²) in [6.45, 7) is 2.12. The van der Waals surface area contributed by atoms with Crippen LogP contribution in [0, 0.1) is 0 Å². The highest BCUT2D eigenvalue weighted by atomic mass is 32.2. The molecular formula is C12H16N2O2S. The minimum atomic E-state index is -3.00. The lowest BCUT2D eigenvalue weighted by Crippen LogP contribution is -2.06. The maximum Gasteiger partial charge on any atom is 0.154 e. The first kappa shape index (κ1) is 12.1. The highest BCUT2D eigenvalue weighted by molar-refractivity contribution is 7.90. The lowest BCUT2D eigenvalue weighted by atomic mass is 10.1. The van der Waals surface area contributed by atoms with E-state index in [-0.39, 0.29) is 11.5 Å². The van der Waals surface area contributed by atoms with Gasteiger partial charge in [0.1, 0.15) is 0 Å². The normalized spacial score (nSPS) is 12.1. The number of hydrogen-bond acceptors (Lipinski definition) is 3. The number of nitrogens with two attached hydrogens (primary N) is 1. The summed E-state index contributed by atoms with van der Waals surface area (Å²) in [5.41, 5.74) is 8.36. The van der Waals surface area contributed by atoms with Crippen molar-refractivity contribution in [2.24, 2.45) is 5.73 Å². The Hall–Kier alpha value is -1.33. The number of fused-ring (bicyclic) bond motifs is 1. The van der Waals surface area contributed by atoms with Crippen LogP contribution in [-0.2, 0) is 22.1 Å². The Labute approximate surface area is 101 Å². The van der Waals surface area contributed by atoms with Gasteiger partial charge in [0, 0.05) is 29.4 Å². The number of benzene rings is 1. The number of hydrogen-bond donors (Lipinski definition) is 2. The van der Waals surface area contributed by atoms with Crippen LogP contribution >= 0.6 is 0 Å². The number of rotatable bonds is 4. The molecule has 0 aliphatic carbocycles. The smallest absolute Gasteiger partial charge is 0.154 e. The van der Waals surface area contributed by atoms with Gasteiger partial charge in [0.15, 0.2) is 9.84 Å². The van der Waals surface area contributed by atoms with Crippen LogP contribution in [0.15, 0.2) is 24.4 Å². The highest BCUT2D eigenvalue weighted by Crippen LogP contribution is 2.21. The highest BCUT2D eigenvalue weighted by Gasteiger charge is 2.12. The van der Waals surface area contributed by atoms with Crippen LogP contribution in [0.25, 0.3) is 10.9 Å². The van der Waals surface area contributed by atoms with Gasteiger partial charge in [-0.2, -0.15) is 0 Å². The summed E-state index contributed by atoms with van der Waals surface area (Å²) in [6, 6.07) is 5.82. The van der Waals surface area contributed by atoms with E-state index in [0.717, 1.165) is 22.0 Å². The molecule has 0 bridgehead atoms. The molecule has 2 rings (SSSR count). The molecule has 17 heavy (non-hydrogen) atoms. The zero-order chi connectivity index (χ0) is 12.5. The molecule has 1 aromatic carbocycles. The van der Waals surface area contributed by atoms with E-state index in [0.29, 0.717) is 6.54 Å². The van der Waals surface area contributed by atoms with Gasteiger partial charge in [-0.3, -0.25) is 0 Å². The van der Waals surface area contributed by atoms with Crippen LogP contribution in [0.1, 0.15) is 18.1 Å². The second-order valence-electron chi connectivity index (χ2n) is 4.07. The predicted molar refractivity (Wildman–Crippen MR) is 69.4 cm³/mol. The first-order valence-corrected chi connectivity index (χ1v) is 7.37. The van der Waals surface area contributed by atoms with Gasteiger partial charge in [-0.05, 0) is 23.3 Å². The zero-order valence-electron chi connectivity index (χ0n) is 9.73. The van der Waals surface area contributed by atoms with Crippen molar-refractivity contribution in [1.29, 1.82) is 0 Å². The molecular weight excluding hydrogens is 236 g/mol. The fourth-order valence-electron chi connectivity index (χ4n) is 1.81. The molecule has 3 N–H and O–H groups in total. The van der Waals surface area contributed by atoms with Crippen LogP contribution in [0.4, 0.5) is 0 Å². The SMILES string of the molecule is CCS(=O)(=O)Cc1c[nH]c2ccc(CN)cc12. The van der Waals surface area contributed by atoms with E-state index in [1.165, 1.54) is 0 Å². The van der Waals surface area contributed by atoms with E-state index >= 15 is 0 Å². The average molecular weight is 252 g/mol. The second-order valence-corrected chi connectivity index (χ2v) is 6.43. The van der Waals surface area contributed by atoms with Gasteiger partial charge in [0.25, 0.3) is 0 Å². The summed E-state index contributed by atoms with van der Waals surface area (Å²) in [5, 5.41) is 0.949. The molecule has 1 heterocycles. The van der Waals surface area contributed by atoms with Crippen molar-refractivity contribution < 1.29 is 8.42 Å². The lowest BCUT2D eigenvalue weighted by Gasteiger charge is -2.01. The Bertz CT molecular complexity index is 629. The molecule has 0 unspecified atom stereocenters. The van der Waals surface area contributed by atoms with Crippen LogP contribution in [0.2, 0.25) is 0 Å². The van der Waals surface area contributed by atoms with Crippen LogP contribution in [0.3, 0.4) is 0 Å². The van der Waals surface area contributed by atoms with Crippen LogP contribution in [0.5, 0.6) is 0 Å². The molecule has 92 valence electrons. The van der Waals surface area contributed by atoms with Crippen LogP contribution < -0.4 is 5.73 Å². The number of nitrogens with one attached hydrogen (secondary N) is 1. The van der Waals surface area contributed by atoms with Crippen molar-refractivity contribution in [3.05, 3.63) is 35.5 Å². The van der Waals surface area contributed by atoms with Crippen molar-refractivity contribution in [2.45, 2.75) is 19.2 Å². The summed E-state index contributed by atoms with van der Waals surface area (Å²) in [6.07, 6.45) is 1.76. The van der Waals surface area contributed by atoms with Gasteiger partial charge >= 0.3 is 0 Å². The Balaban J connectivity index is 2.48.